The summed E-state index contributed by atoms with van der Waals surface area (Å²) in [5, 5.41) is 2.52. The molecule has 1 aromatic carbocycles. The molecule has 21 heavy (non-hydrogen) atoms. The molecule has 0 fully saturated rings. The van der Waals surface area contributed by atoms with Gasteiger partial charge in [-0.1, -0.05) is 23.9 Å². The van der Waals surface area contributed by atoms with Gasteiger partial charge in [0.2, 0.25) is 0 Å². The maximum absolute atomic E-state index is 13.3. The number of halogens is 1. The molecule has 0 N–H and O–H groups in total. The van der Waals surface area contributed by atoms with Crippen LogP contribution in [0.15, 0.2) is 45.7 Å². The standard InChI is InChI=1S/C15H13FN2OS2/c1-9(10-4-3-5-11(16)8-10)21-15-17-12-6-7-20-13(12)14(19)18(15)2/h3-9H,1-2H3/t9-/m0/s1. The van der Waals surface area contributed by atoms with Gasteiger partial charge in [-0.3, -0.25) is 9.36 Å². The number of thioether (sulfide) groups is 1. The van der Waals surface area contributed by atoms with Crippen LogP contribution < -0.4 is 5.56 Å². The summed E-state index contributed by atoms with van der Waals surface area (Å²) >= 11 is 2.85. The van der Waals surface area contributed by atoms with Gasteiger partial charge in [0.05, 0.1) is 5.52 Å². The number of aromatic nitrogens is 2. The normalized spacial score (nSPS) is 12.7. The van der Waals surface area contributed by atoms with Crippen LogP contribution in [0.4, 0.5) is 4.39 Å². The first kappa shape index (κ1) is 14.3. The van der Waals surface area contributed by atoms with Crippen molar-refractivity contribution >= 4 is 33.3 Å². The van der Waals surface area contributed by atoms with Crippen molar-refractivity contribution in [1.29, 1.82) is 0 Å². The fourth-order valence-corrected chi connectivity index (χ4v) is 3.86. The van der Waals surface area contributed by atoms with Gasteiger partial charge >= 0.3 is 0 Å². The first-order valence-electron chi connectivity index (χ1n) is 6.42. The predicted octanol–water partition coefficient (Wildman–Crippen LogP) is 3.99. The Morgan fingerprint density at radius 1 is 1.38 bits per heavy atom. The average Bonchev–Trinajstić information content (AvgIpc) is 2.93. The van der Waals surface area contributed by atoms with E-state index in [2.05, 4.69) is 4.98 Å². The highest BCUT2D eigenvalue weighted by atomic mass is 32.2. The largest absolute Gasteiger partial charge is 0.289 e. The van der Waals surface area contributed by atoms with E-state index in [0.29, 0.717) is 9.86 Å². The monoisotopic (exact) mass is 320 g/mol. The SMILES string of the molecule is C[C@H](Sc1nc2ccsc2c(=O)n1C)c1cccc(F)c1. The van der Waals surface area contributed by atoms with Gasteiger partial charge in [0, 0.05) is 12.3 Å². The molecule has 3 rings (SSSR count). The molecule has 1 atom stereocenters. The lowest BCUT2D eigenvalue weighted by Gasteiger charge is -2.13. The van der Waals surface area contributed by atoms with Crippen molar-refractivity contribution in [2.24, 2.45) is 7.05 Å². The van der Waals surface area contributed by atoms with E-state index in [1.807, 2.05) is 24.4 Å². The average molecular weight is 320 g/mol. The maximum Gasteiger partial charge on any atom is 0.271 e. The summed E-state index contributed by atoms with van der Waals surface area (Å²) in [7, 11) is 1.72. The third kappa shape index (κ3) is 2.73. The second-order valence-electron chi connectivity index (χ2n) is 4.71. The quantitative estimate of drug-likeness (QED) is 0.541. The van der Waals surface area contributed by atoms with E-state index >= 15 is 0 Å². The second-order valence-corrected chi connectivity index (χ2v) is 6.93. The highest BCUT2D eigenvalue weighted by Crippen LogP contribution is 2.34. The summed E-state index contributed by atoms with van der Waals surface area (Å²) in [5.41, 5.74) is 1.56. The van der Waals surface area contributed by atoms with Crippen LogP contribution in [-0.4, -0.2) is 9.55 Å². The lowest BCUT2D eigenvalue weighted by atomic mass is 10.2. The van der Waals surface area contributed by atoms with Crippen LogP contribution >= 0.6 is 23.1 Å². The van der Waals surface area contributed by atoms with E-state index < -0.39 is 0 Å². The van der Waals surface area contributed by atoms with E-state index in [1.54, 1.807) is 17.7 Å². The molecular weight excluding hydrogens is 307 g/mol. The van der Waals surface area contributed by atoms with Crippen LogP contribution in [0.5, 0.6) is 0 Å². The lowest BCUT2D eigenvalue weighted by molar-refractivity contribution is 0.625. The summed E-state index contributed by atoms with van der Waals surface area (Å²) in [6.07, 6.45) is 0. The molecule has 6 heteroatoms. The minimum atomic E-state index is -0.255. The molecule has 0 bridgehead atoms. The Balaban J connectivity index is 1.98. The summed E-state index contributed by atoms with van der Waals surface area (Å²) in [6.45, 7) is 1.98. The number of benzene rings is 1. The summed E-state index contributed by atoms with van der Waals surface area (Å²) < 4.78 is 15.5. The van der Waals surface area contributed by atoms with Crippen molar-refractivity contribution in [3.63, 3.8) is 0 Å². The third-order valence-electron chi connectivity index (χ3n) is 3.25. The molecule has 0 aliphatic rings. The Morgan fingerprint density at radius 2 is 2.19 bits per heavy atom. The van der Waals surface area contributed by atoms with Crippen molar-refractivity contribution in [2.45, 2.75) is 17.3 Å². The predicted molar refractivity (Wildman–Crippen MR) is 85.5 cm³/mol. The number of hydrogen-bond donors (Lipinski definition) is 0. The number of thiophene rings is 1. The smallest absolute Gasteiger partial charge is 0.271 e. The summed E-state index contributed by atoms with van der Waals surface area (Å²) in [5.74, 6) is -0.255. The fourth-order valence-electron chi connectivity index (χ4n) is 2.06. The topological polar surface area (TPSA) is 34.9 Å². The maximum atomic E-state index is 13.3. The fraction of sp³-hybridized carbons (Fsp3) is 0.200. The highest BCUT2D eigenvalue weighted by Gasteiger charge is 2.14. The van der Waals surface area contributed by atoms with E-state index in [1.165, 1.54) is 35.2 Å². The lowest BCUT2D eigenvalue weighted by Crippen LogP contribution is -2.19. The zero-order valence-corrected chi connectivity index (χ0v) is 13.2. The molecule has 3 aromatic rings. The van der Waals surface area contributed by atoms with E-state index in [0.717, 1.165) is 11.1 Å². The first-order valence-corrected chi connectivity index (χ1v) is 8.18. The van der Waals surface area contributed by atoms with Crippen molar-refractivity contribution in [1.82, 2.24) is 9.55 Å². The molecule has 2 heterocycles. The molecule has 0 spiro atoms. The first-order chi connectivity index (χ1) is 10.1. The molecule has 0 saturated carbocycles. The minimum absolute atomic E-state index is 0.00915. The molecule has 0 saturated heterocycles. The van der Waals surface area contributed by atoms with E-state index in [-0.39, 0.29) is 16.6 Å². The van der Waals surface area contributed by atoms with Crippen LogP contribution in [0.25, 0.3) is 10.2 Å². The summed E-state index contributed by atoms with van der Waals surface area (Å²) in [4.78, 5) is 16.8. The zero-order valence-electron chi connectivity index (χ0n) is 11.5. The van der Waals surface area contributed by atoms with Crippen LogP contribution in [0.3, 0.4) is 0 Å². The van der Waals surface area contributed by atoms with Crippen molar-refractivity contribution < 1.29 is 4.39 Å². The van der Waals surface area contributed by atoms with Gasteiger partial charge in [-0.15, -0.1) is 11.3 Å². The minimum Gasteiger partial charge on any atom is -0.289 e. The molecular formula is C15H13FN2OS2. The van der Waals surface area contributed by atoms with Gasteiger partial charge in [0.1, 0.15) is 10.5 Å². The number of hydrogen-bond acceptors (Lipinski definition) is 4. The van der Waals surface area contributed by atoms with Gasteiger partial charge in [-0.05, 0) is 36.1 Å². The van der Waals surface area contributed by atoms with Crippen LogP contribution in [-0.2, 0) is 7.05 Å². The van der Waals surface area contributed by atoms with Crippen molar-refractivity contribution in [3.8, 4) is 0 Å². The van der Waals surface area contributed by atoms with Crippen LogP contribution in [0.2, 0.25) is 0 Å². The van der Waals surface area contributed by atoms with E-state index in [9.17, 15) is 9.18 Å². The Morgan fingerprint density at radius 3 is 2.95 bits per heavy atom. The van der Waals surface area contributed by atoms with Gasteiger partial charge < -0.3 is 0 Å². The van der Waals surface area contributed by atoms with Crippen molar-refractivity contribution in [2.75, 3.05) is 0 Å². The molecule has 3 nitrogen and oxygen atoms in total. The molecule has 0 radical (unpaired) electrons. The van der Waals surface area contributed by atoms with Crippen LogP contribution in [0.1, 0.15) is 17.7 Å². The van der Waals surface area contributed by atoms with E-state index in [4.69, 9.17) is 0 Å². The van der Waals surface area contributed by atoms with Gasteiger partial charge in [0.15, 0.2) is 5.16 Å². The Hall–Kier alpha value is -1.66. The Kier molecular flexibility index (Phi) is 3.82. The molecule has 2 aromatic heterocycles. The van der Waals surface area contributed by atoms with Gasteiger partial charge in [-0.2, -0.15) is 0 Å². The second kappa shape index (κ2) is 5.61. The molecule has 0 amide bonds. The van der Waals surface area contributed by atoms with Gasteiger partial charge in [0.25, 0.3) is 5.56 Å². The molecule has 0 aliphatic heterocycles. The highest BCUT2D eigenvalue weighted by molar-refractivity contribution is 7.99. The van der Waals surface area contributed by atoms with Gasteiger partial charge in [-0.25, -0.2) is 9.37 Å². The van der Waals surface area contributed by atoms with Crippen LogP contribution in [0, 0.1) is 5.82 Å². The molecule has 0 unspecified atom stereocenters. The number of rotatable bonds is 3. The molecule has 0 aliphatic carbocycles. The zero-order chi connectivity index (χ0) is 15.0. The van der Waals surface area contributed by atoms with Crippen molar-refractivity contribution in [3.05, 3.63) is 57.4 Å². The summed E-state index contributed by atoms with van der Waals surface area (Å²) in [6, 6.07) is 8.35. The number of nitrogens with zero attached hydrogens (tertiary/aromatic N) is 2. The number of fused-ring (bicyclic) bond motifs is 1. The third-order valence-corrected chi connectivity index (χ3v) is 5.34. The Bertz CT molecular complexity index is 856. The Labute approximate surface area is 129 Å². The molecule has 108 valence electrons.